The van der Waals surface area contributed by atoms with Crippen LogP contribution in [-0.4, -0.2) is 13.9 Å². The Morgan fingerprint density at radius 2 is 2.31 bits per heavy atom. The summed E-state index contributed by atoms with van der Waals surface area (Å²) in [4.78, 5) is 0. The van der Waals surface area contributed by atoms with Crippen molar-refractivity contribution in [2.24, 2.45) is 5.73 Å². The van der Waals surface area contributed by atoms with Crippen molar-refractivity contribution < 1.29 is 14.2 Å². The number of methoxy groups -OCH3 is 1. The van der Waals surface area contributed by atoms with Crippen LogP contribution in [0.25, 0.3) is 0 Å². The maximum Gasteiger partial charge on any atom is 0.231 e. The van der Waals surface area contributed by atoms with Crippen LogP contribution in [0.2, 0.25) is 0 Å². The normalized spacial score (nSPS) is 13.1. The van der Waals surface area contributed by atoms with Gasteiger partial charge >= 0.3 is 0 Å². The van der Waals surface area contributed by atoms with E-state index in [0.29, 0.717) is 12.3 Å². The van der Waals surface area contributed by atoms with Crippen LogP contribution in [0.1, 0.15) is 5.56 Å². The van der Waals surface area contributed by atoms with E-state index in [9.17, 15) is 0 Å². The molecular weight excluding hydrogens is 170 g/mol. The number of nitrogens with two attached hydrogens (primary N) is 1. The van der Waals surface area contributed by atoms with Crippen molar-refractivity contribution in [3.8, 4) is 17.2 Å². The Labute approximate surface area is 76.2 Å². The largest absolute Gasteiger partial charge is 0.497 e. The summed E-state index contributed by atoms with van der Waals surface area (Å²) < 4.78 is 15.6. The molecule has 1 aliphatic rings. The third kappa shape index (κ3) is 1.29. The van der Waals surface area contributed by atoms with E-state index >= 15 is 0 Å². The van der Waals surface area contributed by atoms with E-state index in [-0.39, 0.29) is 6.79 Å². The van der Waals surface area contributed by atoms with Gasteiger partial charge < -0.3 is 19.9 Å². The fourth-order valence-electron chi connectivity index (χ4n) is 1.32. The number of fused-ring (bicyclic) bond motifs is 1. The molecule has 0 fully saturated rings. The molecule has 1 aromatic carbocycles. The molecular formula is C9H11NO3. The van der Waals surface area contributed by atoms with E-state index in [1.54, 1.807) is 13.2 Å². The van der Waals surface area contributed by atoms with Gasteiger partial charge in [0.15, 0.2) is 11.5 Å². The summed E-state index contributed by atoms with van der Waals surface area (Å²) in [5.74, 6) is 2.19. The molecule has 0 atom stereocenters. The standard InChI is InChI=1S/C9H11NO3/c1-11-7-2-6(4-10)9-8(3-7)12-5-13-9/h2-3H,4-5,10H2,1H3. The average Bonchev–Trinajstić information content (AvgIpc) is 2.63. The van der Waals surface area contributed by atoms with Crippen LogP contribution in [0.5, 0.6) is 17.2 Å². The highest BCUT2D eigenvalue weighted by molar-refractivity contribution is 5.52. The van der Waals surface area contributed by atoms with E-state index in [1.165, 1.54) is 0 Å². The van der Waals surface area contributed by atoms with Crippen LogP contribution in [0, 0.1) is 0 Å². The SMILES string of the molecule is COc1cc(CN)c2c(c1)OCO2. The molecule has 0 aromatic heterocycles. The molecule has 2 N–H and O–H groups in total. The van der Waals surface area contributed by atoms with Gasteiger partial charge in [-0.1, -0.05) is 0 Å². The van der Waals surface area contributed by atoms with Gasteiger partial charge in [0, 0.05) is 18.2 Å². The fraction of sp³-hybridized carbons (Fsp3) is 0.333. The van der Waals surface area contributed by atoms with Crippen molar-refractivity contribution in [2.45, 2.75) is 6.54 Å². The van der Waals surface area contributed by atoms with E-state index < -0.39 is 0 Å². The van der Waals surface area contributed by atoms with Gasteiger partial charge in [0.2, 0.25) is 6.79 Å². The predicted octanol–water partition coefficient (Wildman–Crippen LogP) is 0.883. The minimum Gasteiger partial charge on any atom is -0.497 e. The second kappa shape index (κ2) is 3.14. The summed E-state index contributed by atoms with van der Waals surface area (Å²) in [6.45, 7) is 0.679. The smallest absolute Gasteiger partial charge is 0.231 e. The van der Waals surface area contributed by atoms with E-state index in [4.69, 9.17) is 19.9 Å². The topological polar surface area (TPSA) is 53.7 Å². The zero-order chi connectivity index (χ0) is 9.26. The fourth-order valence-corrected chi connectivity index (χ4v) is 1.32. The second-order valence-corrected chi connectivity index (χ2v) is 2.72. The average molecular weight is 181 g/mol. The summed E-state index contributed by atoms with van der Waals surface area (Å²) in [6, 6.07) is 3.65. The number of hydrogen-bond donors (Lipinski definition) is 1. The number of ether oxygens (including phenoxy) is 3. The lowest BCUT2D eigenvalue weighted by atomic mass is 10.2. The Balaban J connectivity index is 2.49. The van der Waals surface area contributed by atoms with Gasteiger partial charge in [0.1, 0.15) is 5.75 Å². The number of hydrogen-bond acceptors (Lipinski definition) is 4. The van der Waals surface area contributed by atoms with Crippen LogP contribution in [0.3, 0.4) is 0 Å². The predicted molar refractivity (Wildman–Crippen MR) is 47.0 cm³/mol. The Hall–Kier alpha value is -1.42. The first kappa shape index (κ1) is 8.19. The molecule has 0 amide bonds. The molecule has 0 radical (unpaired) electrons. The first-order valence-electron chi connectivity index (χ1n) is 4.01. The number of rotatable bonds is 2. The molecule has 0 aliphatic carbocycles. The molecule has 2 rings (SSSR count). The van der Waals surface area contributed by atoms with Gasteiger partial charge in [-0.15, -0.1) is 0 Å². The van der Waals surface area contributed by atoms with Gasteiger partial charge in [0.05, 0.1) is 7.11 Å². The molecule has 0 saturated heterocycles. The zero-order valence-corrected chi connectivity index (χ0v) is 7.37. The molecule has 1 aromatic rings. The molecule has 0 spiro atoms. The van der Waals surface area contributed by atoms with Crippen LogP contribution in [0.4, 0.5) is 0 Å². The molecule has 1 heterocycles. The Bertz CT molecular complexity index is 325. The molecule has 0 unspecified atom stereocenters. The summed E-state index contributed by atoms with van der Waals surface area (Å²) in [5, 5.41) is 0. The minimum atomic E-state index is 0.259. The lowest BCUT2D eigenvalue weighted by Gasteiger charge is -2.06. The van der Waals surface area contributed by atoms with Crippen molar-refractivity contribution in [1.82, 2.24) is 0 Å². The third-order valence-electron chi connectivity index (χ3n) is 1.98. The van der Waals surface area contributed by atoms with Crippen molar-refractivity contribution in [3.05, 3.63) is 17.7 Å². The highest BCUT2D eigenvalue weighted by Gasteiger charge is 2.18. The Morgan fingerprint density at radius 1 is 1.46 bits per heavy atom. The van der Waals surface area contributed by atoms with Gasteiger partial charge in [-0.05, 0) is 6.07 Å². The monoisotopic (exact) mass is 181 g/mol. The van der Waals surface area contributed by atoms with Crippen molar-refractivity contribution in [3.63, 3.8) is 0 Å². The summed E-state index contributed by atoms with van der Waals surface area (Å²) in [6.07, 6.45) is 0. The third-order valence-corrected chi connectivity index (χ3v) is 1.98. The maximum absolute atomic E-state index is 5.56. The lowest BCUT2D eigenvalue weighted by Crippen LogP contribution is -1.99. The first-order chi connectivity index (χ1) is 6.35. The molecule has 13 heavy (non-hydrogen) atoms. The lowest BCUT2D eigenvalue weighted by molar-refractivity contribution is 0.173. The van der Waals surface area contributed by atoms with Gasteiger partial charge in [-0.25, -0.2) is 0 Å². The van der Waals surface area contributed by atoms with Gasteiger partial charge in [-0.2, -0.15) is 0 Å². The van der Waals surface area contributed by atoms with Crippen LogP contribution >= 0.6 is 0 Å². The van der Waals surface area contributed by atoms with E-state index in [0.717, 1.165) is 17.1 Å². The van der Waals surface area contributed by atoms with Crippen LogP contribution < -0.4 is 19.9 Å². The first-order valence-corrected chi connectivity index (χ1v) is 4.01. The Morgan fingerprint density at radius 3 is 3.00 bits per heavy atom. The van der Waals surface area contributed by atoms with E-state index in [2.05, 4.69) is 0 Å². The summed E-state index contributed by atoms with van der Waals surface area (Å²) in [7, 11) is 1.61. The van der Waals surface area contributed by atoms with Crippen LogP contribution in [-0.2, 0) is 6.54 Å². The van der Waals surface area contributed by atoms with Crippen LogP contribution in [0.15, 0.2) is 12.1 Å². The van der Waals surface area contributed by atoms with Crippen molar-refractivity contribution in [2.75, 3.05) is 13.9 Å². The second-order valence-electron chi connectivity index (χ2n) is 2.72. The quantitative estimate of drug-likeness (QED) is 0.736. The van der Waals surface area contributed by atoms with Gasteiger partial charge in [-0.3, -0.25) is 0 Å². The minimum absolute atomic E-state index is 0.259. The highest BCUT2D eigenvalue weighted by atomic mass is 16.7. The Kier molecular flexibility index (Phi) is 1.98. The highest BCUT2D eigenvalue weighted by Crippen LogP contribution is 2.38. The molecule has 70 valence electrons. The molecule has 0 bridgehead atoms. The van der Waals surface area contributed by atoms with Gasteiger partial charge in [0.25, 0.3) is 0 Å². The van der Waals surface area contributed by atoms with Crippen molar-refractivity contribution >= 4 is 0 Å². The van der Waals surface area contributed by atoms with Crippen molar-refractivity contribution in [1.29, 1.82) is 0 Å². The summed E-state index contributed by atoms with van der Waals surface area (Å²) >= 11 is 0. The molecule has 4 heteroatoms. The van der Waals surface area contributed by atoms with E-state index in [1.807, 2.05) is 6.07 Å². The molecule has 4 nitrogen and oxygen atoms in total. The maximum atomic E-state index is 5.56. The summed E-state index contributed by atoms with van der Waals surface area (Å²) in [5.41, 5.74) is 6.46. The zero-order valence-electron chi connectivity index (χ0n) is 7.37. The molecule has 0 saturated carbocycles. The number of benzene rings is 1. The molecule has 1 aliphatic heterocycles.